The summed E-state index contributed by atoms with van der Waals surface area (Å²) in [6, 6.07) is 3.01. The van der Waals surface area contributed by atoms with Crippen LogP contribution in [0.1, 0.15) is 29.3 Å². The minimum Gasteiger partial charge on any atom is -0.351 e. The zero-order valence-electron chi connectivity index (χ0n) is 11.0. The van der Waals surface area contributed by atoms with Crippen molar-refractivity contribution in [3.63, 3.8) is 0 Å². The van der Waals surface area contributed by atoms with Crippen molar-refractivity contribution in [3.8, 4) is 0 Å². The van der Waals surface area contributed by atoms with Crippen molar-refractivity contribution in [1.82, 2.24) is 10.6 Å². The molecule has 0 fully saturated rings. The van der Waals surface area contributed by atoms with E-state index in [0.717, 1.165) is 25.1 Å². The van der Waals surface area contributed by atoms with Gasteiger partial charge >= 0.3 is 6.18 Å². The Bertz CT molecular complexity index is 463. The summed E-state index contributed by atoms with van der Waals surface area (Å²) in [5.41, 5.74) is -0.856. The number of benzene rings is 1. The van der Waals surface area contributed by atoms with Gasteiger partial charge in [-0.1, -0.05) is 6.92 Å². The Morgan fingerprint density at radius 3 is 2.55 bits per heavy atom. The highest BCUT2D eigenvalue weighted by Gasteiger charge is 2.31. The summed E-state index contributed by atoms with van der Waals surface area (Å²) >= 11 is 3.09. The molecule has 0 heterocycles. The van der Waals surface area contributed by atoms with Crippen LogP contribution in [0.4, 0.5) is 13.2 Å². The van der Waals surface area contributed by atoms with E-state index in [-0.39, 0.29) is 5.56 Å². The highest BCUT2D eigenvalue weighted by atomic mass is 79.9. The van der Waals surface area contributed by atoms with Crippen LogP contribution in [0.25, 0.3) is 0 Å². The summed E-state index contributed by atoms with van der Waals surface area (Å²) in [7, 11) is 0. The lowest BCUT2D eigenvalue weighted by Crippen LogP contribution is -2.32. The minimum atomic E-state index is -4.46. The summed E-state index contributed by atoms with van der Waals surface area (Å²) < 4.78 is 38.1. The Morgan fingerprint density at radius 2 is 1.95 bits per heavy atom. The third-order valence-corrected chi connectivity index (χ3v) is 3.24. The van der Waals surface area contributed by atoms with Gasteiger partial charge in [-0.2, -0.15) is 13.2 Å². The quantitative estimate of drug-likeness (QED) is 0.772. The summed E-state index contributed by atoms with van der Waals surface area (Å²) in [4.78, 5) is 11.8. The van der Waals surface area contributed by atoms with Gasteiger partial charge < -0.3 is 10.6 Å². The molecule has 0 radical (unpaired) electrons. The molecule has 1 rings (SSSR count). The van der Waals surface area contributed by atoms with Crippen molar-refractivity contribution >= 4 is 21.8 Å². The maximum Gasteiger partial charge on any atom is 0.416 e. The lowest BCUT2D eigenvalue weighted by Gasteiger charge is -2.11. The van der Waals surface area contributed by atoms with Gasteiger partial charge in [-0.3, -0.25) is 4.79 Å². The predicted molar refractivity (Wildman–Crippen MR) is 74.6 cm³/mol. The van der Waals surface area contributed by atoms with Crippen LogP contribution in [0.3, 0.4) is 0 Å². The van der Waals surface area contributed by atoms with Gasteiger partial charge in [0.1, 0.15) is 0 Å². The second-order valence-corrected chi connectivity index (χ2v) is 5.05. The minimum absolute atomic E-state index is 0.0182. The predicted octanol–water partition coefficient (Wildman–Crippen LogP) is 3.20. The first kappa shape index (κ1) is 17.0. The Morgan fingerprint density at radius 1 is 1.25 bits per heavy atom. The second-order valence-electron chi connectivity index (χ2n) is 4.20. The van der Waals surface area contributed by atoms with E-state index in [9.17, 15) is 18.0 Å². The van der Waals surface area contributed by atoms with Gasteiger partial charge in [0.05, 0.1) is 11.1 Å². The number of halogens is 4. The fourth-order valence-corrected chi connectivity index (χ4v) is 1.96. The summed E-state index contributed by atoms with van der Waals surface area (Å²) in [5, 5.41) is 5.66. The van der Waals surface area contributed by atoms with Gasteiger partial charge in [0.2, 0.25) is 0 Å². The zero-order chi connectivity index (χ0) is 15.2. The number of hydrogen-bond donors (Lipinski definition) is 2. The van der Waals surface area contributed by atoms with Gasteiger partial charge in [0.15, 0.2) is 0 Å². The van der Waals surface area contributed by atoms with Crippen LogP contribution in [0, 0.1) is 0 Å². The Kier molecular flexibility index (Phi) is 6.48. The number of alkyl halides is 3. The molecule has 0 saturated heterocycles. The Balaban J connectivity index is 2.67. The fraction of sp³-hybridized carbons (Fsp3) is 0.462. The normalized spacial score (nSPS) is 11.4. The summed E-state index contributed by atoms with van der Waals surface area (Å²) in [6.45, 7) is 3.80. The lowest BCUT2D eigenvalue weighted by atomic mass is 10.1. The van der Waals surface area contributed by atoms with Gasteiger partial charge in [-0.05, 0) is 47.1 Å². The van der Waals surface area contributed by atoms with Crippen molar-refractivity contribution in [3.05, 3.63) is 33.8 Å². The van der Waals surface area contributed by atoms with Gasteiger partial charge in [-0.25, -0.2) is 0 Å². The molecule has 7 heteroatoms. The van der Waals surface area contributed by atoms with Gasteiger partial charge in [-0.15, -0.1) is 0 Å². The fourth-order valence-electron chi connectivity index (χ4n) is 1.54. The van der Waals surface area contributed by atoms with E-state index in [1.54, 1.807) is 0 Å². The van der Waals surface area contributed by atoms with Crippen LogP contribution in [-0.2, 0) is 6.18 Å². The van der Waals surface area contributed by atoms with Crippen molar-refractivity contribution in [2.24, 2.45) is 0 Å². The van der Waals surface area contributed by atoms with Gasteiger partial charge in [0.25, 0.3) is 5.91 Å². The van der Waals surface area contributed by atoms with Gasteiger partial charge in [0, 0.05) is 17.6 Å². The van der Waals surface area contributed by atoms with Crippen molar-refractivity contribution in [2.75, 3.05) is 19.6 Å². The van der Waals surface area contributed by atoms with E-state index in [4.69, 9.17) is 0 Å². The number of rotatable bonds is 6. The molecule has 0 atom stereocenters. The molecular weight excluding hydrogens is 337 g/mol. The molecule has 2 N–H and O–H groups in total. The average Bonchev–Trinajstić information content (AvgIpc) is 2.37. The Hall–Kier alpha value is -1.08. The molecule has 0 aliphatic rings. The molecular formula is C13H16BrF3N2O. The van der Waals surface area contributed by atoms with Crippen LogP contribution >= 0.6 is 15.9 Å². The highest BCUT2D eigenvalue weighted by molar-refractivity contribution is 9.10. The average molecular weight is 353 g/mol. The van der Waals surface area contributed by atoms with E-state index in [1.807, 2.05) is 6.92 Å². The SMILES string of the molecule is CCCNCCNC(=O)c1cc(C(F)(F)F)ccc1Br. The van der Waals surface area contributed by atoms with E-state index < -0.39 is 17.6 Å². The molecule has 0 bridgehead atoms. The van der Waals surface area contributed by atoms with Crippen LogP contribution in [0.5, 0.6) is 0 Å². The molecule has 112 valence electrons. The molecule has 1 amide bonds. The third-order valence-electron chi connectivity index (χ3n) is 2.55. The monoisotopic (exact) mass is 352 g/mol. The number of carbonyl (C=O) groups excluding carboxylic acids is 1. The van der Waals surface area contributed by atoms with Crippen LogP contribution in [-0.4, -0.2) is 25.5 Å². The van der Waals surface area contributed by atoms with E-state index in [2.05, 4.69) is 26.6 Å². The standard InChI is InChI=1S/C13H16BrF3N2O/c1-2-5-18-6-7-19-12(20)10-8-9(13(15,16)17)3-4-11(10)14/h3-4,8,18H,2,5-7H2,1H3,(H,19,20). The molecule has 0 aromatic heterocycles. The first-order chi connectivity index (χ1) is 9.36. The Labute approximate surface area is 124 Å². The van der Waals surface area contributed by atoms with E-state index >= 15 is 0 Å². The number of carbonyl (C=O) groups is 1. The molecule has 0 aliphatic carbocycles. The van der Waals surface area contributed by atoms with Crippen molar-refractivity contribution in [2.45, 2.75) is 19.5 Å². The van der Waals surface area contributed by atoms with Crippen LogP contribution in [0.2, 0.25) is 0 Å². The maximum atomic E-state index is 12.6. The second kappa shape index (κ2) is 7.64. The van der Waals surface area contributed by atoms with Crippen LogP contribution < -0.4 is 10.6 Å². The number of hydrogen-bond acceptors (Lipinski definition) is 2. The highest BCUT2D eigenvalue weighted by Crippen LogP contribution is 2.31. The van der Waals surface area contributed by atoms with Crippen LogP contribution in [0.15, 0.2) is 22.7 Å². The molecule has 20 heavy (non-hydrogen) atoms. The lowest BCUT2D eigenvalue weighted by molar-refractivity contribution is -0.137. The first-order valence-corrected chi connectivity index (χ1v) is 7.01. The molecule has 1 aromatic carbocycles. The maximum absolute atomic E-state index is 12.6. The molecule has 0 saturated carbocycles. The topological polar surface area (TPSA) is 41.1 Å². The first-order valence-electron chi connectivity index (χ1n) is 6.22. The summed E-state index contributed by atoms with van der Waals surface area (Å²) in [6.07, 6.45) is -3.48. The van der Waals surface area contributed by atoms with Crippen molar-refractivity contribution < 1.29 is 18.0 Å². The molecule has 0 unspecified atom stereocenters. The third kappa shape index (κ3) is 5.13. The number of nitrogens with one attached hydrogen (secondary N) is 2. The molecule has 0 spiro atoms. The van der Waals surface area contributed by atoms with Crippen molar-refractivity contribution in [1.29, 1.82) is 0 Å². The number of amides is 1. The summed E-state index contributed by atoms with van der Waals surface area (Å²) in [5.74, 6) is -0.527. The molecule has 3 nitrogen and oxygen atoms in total. The molecule has 0 aliphatic heterocycles. The largest absolute Gasteiger partial charge is 0.416 e. The van der Waals surface area contributed by atoms with E-state index in [0.29, 0.717) is 17.6 Å². The van der Waals surface area contributed by atoms with E-state index in [1.165, 1.54) is 6.07 Å². The smallest absolute Gasteiger partial charge is 0.351 e. The molecule has 1 aromatic rings. The zero-order valence-corrected chi connectivity index (χ0v) is 12.6.